The molecule has 3 N–H and O–H groups in total. The Kier molecular flexibility index (Phi) is 13.0. The summed E-state index contributed by atoms with van der Waals surface area (Å²) in [5.41, 5.74) is 0.927. The van der Waals surface area contributed by atoms with E-state index in [0.29, 0.717) is 24.1 Å². The number of carbonyl (C=O) groups is 5. The second kappa shape index (κ2) is 17.3. The Balaban J connectivity index is 1.54. The first-order valence-electron chi connectivity index (χ1n) is 16.1. The zero-order valence-electron chi connectivity index (χ0n) is 27.6. The summed E-state index contributed by atoms with van der Waals surface area (Å²) in [6, 6.07) is 4.20. The van der Waals surface area contributed by atoms with Crippen LogP contribution in [0.4, 0.5) is 14.9 Å². The molecule has 2 bridgehead atoms. The smallest absolute Gasteiger partial charge is 0.411 e. The molecule has 3 heterocycles. The average Bonchev–Trinajstić information content (AvgIpc) is 3.74. The number of aliphatic hydroxyl groups excluding tert-OH is 1. The van der Waals surface area contributed by atoms with Gasteiger partial charge < -0.3 is 29.2 Å². The fourth-order valence-corrected chi connectivity index (χ4v) is 5.54. The van der Waals surface area contributed by atoms with Gasteiger partial charge in [0, 0.05) is 37.0 Å². The number of oxazole rings is 1. The van der Waals surface area contributed by atoms with Crippen molar-refractivity contribution in [3.05, 3.63) is 83.9 Å². The molecule has 14 heteroatoms. The van der Waals surface area contributed by atoms with E-state index in [-0.39, 0.29) is 49.9 Å². The number of nitrogens with one attached hydrogen (secondary N) is 2. The number of nitrogens with zero attached hydrogens (tertiary/aromatic N) is 2. The second-order valence-electron chi connectivity index (χ2n) is 12.2. The molecular weight excluding hydrogens is 639 g/mol. The van der Waals surface area contributed by atoms with Crippen LogP contribution in [-0.4, -0.2) is 82.6 Å². The highest BCUT2D eigenvalue weighted by Crippen LogP contribution is 2.26. The van der Waals surface area contributed by atoms with Crippen LogP contribution in [0.2, 0.25) is 0 Å². The molecule has 49 heavy (non-hydrogen) atoms. The van der Waals surface area contributed by atoms with E-state index in [1.807, 2.05) is 0 Å². The molecule has 0 aliphatic carbocycles. The summed E-state index contributed by atoms with van der Waals surface area (Å²) in [6.45, 7) is 5.47. The van der Waals surface area contributed by atoms with Crippen LogP contribution in [0.1, 0.15) is 56.4 Å². The van der Waals surface area contributed by atoms with Crippen molar-refractivity contribution in [2.24, 2.45) is 11.8 Å². The largest absolute Gasteiger partial charge is 0.460 e. The Labute approximate surface area is 283 Å². The van der Waals surface area contributed by atoms with Gasteiger partial charge >= 0.3 is 12.1 Å². The van der Waals surface area contributed by atoms with Crippen LogP contribution in [0.3, 0.4) is 0 Å². The SMILES string of the molecule is CC1=C\C(O)CC(=O)Cc2nc(co2)C(=O)N2CCCC2C(=O)OC(C(C)COC(=O)Nc2ccc(F)cc2)C(C)/C=C/C(=O)NC\C=C\1. The van der Waals surface area contributed by atoms with Crippen LogP contribution in [0.5, 0.6) is 0 Å². The van der Waals surface area contributed by atoms with Gasteiger partial charge in [-0.15, -0.1) is 0 Å². The lowest BCUT2D eigenvalue weighted by atomic mass is 9.93. The number of hydrogen-bond acceptors (Lipinski definition) is 10. The van der Waals surface area contributed by atoms with Crippen molar-refractivity contribution >= 4 is 35.3 Å². The molecule has 13 nitrogen and oxygen atoms in total. The lowest BCUT2D eigenvalue weighted by Crippen LogP contribution is -2.44. The van der Waals surface area contributed by atoms with Crippen molar-refractivity contribution in [3.63, 3.8) is 0 Å². The summed E-state index contributed by atoms with van der Waals surface area (Å²) >= 11 is 0. The van der Waals surface area contributed by atoms with Gasteiger partial charge in [-0.3, -0.25) is 19.7 Å². The molecule has 0 radical (unpaired) electrons. The van der Waals surface area contributed by atoms with Gasteiger partial charge in [0.1, 0.15) is 30.0 Å². The number of carbonyl (C=O) groups excluding carboxylic acids is 5. The maximum absolute atomic E-state index is 13.6. The molecule has 1 fully saturated rings. The van der Waals surface area contributed by atoms with E-state index in [0.717, 1.165) is 6.26 Å². The van der Waals surface area contributed by atoms with Gasteiger partial charge in [-0.25, -0.2) is 19.0 Å². The van der Waals surface area contributed by atoms with E-state index in [1.54, 1.807) is 39.0 Å². The van der Waals surface area contributed by atoms with Crippen LogP contribution in [-0.2, 0) is 30.3 Å². The second-order valence-corrected chi connectivity index (χ2v) is 12.2. The maximum atomic E-state index is 13.6. The maximum Gasteiger partial charge on any atom is 0.411 e. The highest BCUT2D eigenvalue weighted by atomic mass is 19.1. The van der Waals surface area contributed by atoms with Gasteiger partial charge in [-0.1, -0.05) is 43.7 Å². The summed E-state index contributed by atoms with van der Waals surface area (Å²) in [4.78, 5) is 70.1. The fraction of sp³-hybridized carbons (Fsp3) is 0.429. The number of allylic oxidation sites excluding steroid dienone is 2. The first kappa shape index (κ1) is 36.7. The Bertz CT molecular complexity index is 1600. The number of Topliss-reactive ketones (excluding diaryl/α,β-unsaturated/α-hetero) is 1. The molecule has 1 aromatic carbocycles. The lowest BCUT2D eigenvalue weighted by Gasteiger charge is -2.30. The van der Waals surface area contributed by atoms with Crippen molar-refractivity contribution in [1.29, 1.82) is 0 Å². The zero-order valence-corrected chi connectivity index (χ0v) is 27.6. The minimum atomic E-state index is -1.06. The van der Waals surface area contributed by atoms with Crippen LogP contribution < -0.4 is 10.6 Å². The molecule has 0 spiro atoms. The van der Waals surface area contributed by atoms with Gasteiger partial charge in [-0.05, 0) is 50.1 Å². The molecule has 5 unspecified atom stereocenters. The molecule has 2 aliphatic heterocycles. The number of ketones is 1. The van der Waals surface area contributed by atoms with Crippen LogP contribution in [0, 0.1) is 17.7 Å². The summed E-state index contributed by atoms with van der Waals surface area (Å²) in [7, 11) is 0. The number of amides is 3. The highest BCUT2D eigenvalue weighted by molar-refractivity contribution is 5.95. The number of ether oxygens (including phenoxy) is 2. The Morgan fingerprint density at radius 3 is 2.71 bits per heavy atom. The minimum absolute atomic E-state index is 0.00608. The van der Waals surface area contributed by atoms with Crippen molar-refractivity contribution in [3.8, 4) is 0 Å². The van der Waals surface area contributed by atoms with E-state index in [2.05, 4.69) is 15.6 Å². The molecule has 2 aliphatic rings. The first-order chi connectivity index (χ1) is 23.4. The molecule has 1 aromatic heterocycles. The quantitative estimate of drug-likeness (QED) is 0.402. The number of aliphatic hydroxyl groups is 1. The molecule has 262 valence electrons. The van der Waals surface area contributed by atoms with Crippen molar-refractivity contribution in [2.45, 2.75) is 64.7 Å². The third kappa shape index (κ3) is 11.0. The van der Waals surface area contributed by atoms with Gasteiger partial charge in [-0.2, -0.15) is 0 Å². The average molecular weight is 681 g/mol. The number of cyclic esters (lactones) is 1. The molecule has 0 saturated carbocycles. The number of rotatable bonds is 4. The van der Waals surface area contributed by atoms with E-state index < -0.39 is 59.8 Å². The van der Waals surface area contributed by atoms with Crippen LogP contribution in [0.15, 0.2) is 70.9 Å². The molecule has 2 aromatic rings. The highest BCUT2D eigenvalue weighted by Gasteiger charge is 2.39. The van der Waals surface area contributed by atoms with E-state index in [1.165, 1.54) is 41.3 Å². The molecular formula is C35H41FN4O9. The normalized spacial score (nSPS) is 26.0. The number of esters is 1. The predicted molar refractivity (Wildman–Crippen MR) is 175 cm³/mol. The van der Waals surface area contributed by atoms with E-state index >= 15 is 0 Å². The van der Waals surface area contributed by atoms with E-state index in [9.17, 15) is 33.5 Å². The molecule has 4 rings (SSSR count). The van der Waals surface area contributed by atoms with Gasteiger partial charge in [0.15, 0.2) is 5.69 Å². The number of fused-ring (bicyclic) bond motifs is 3. The standard InChI is InChI=1S/C35H41FN4O9/c1-21-6-4-14-37-30(43)13-8-22(2)32(23(3)19-48-35(46)38-25-11-9-24(36)10-12-25)49-34(45)29-7-5-15-40(29)33(44)28-20-47-31(39-28)18-27(42)17-26(41)16-21/h4,6,8-13,16,20,22-23,26,29,32,41H,5,7,14-15,17-19H2,1-3H3,(H,37,43)(H,38,46)/b6-4+,13-8+,21-16+. The number of aromatic nitrogens is 1. The summed E-state index contributed by atoms with van der Waals surface area (Å²) < 4.78 is 30.0. The molecule has 3 amide bonds. The van der Waals surface area contributed by atoms with Crippen molar-refractivity contribution in [1.82, 2.24) is 15.2 Å². The number of benzene rings is 1. The first-order valence-corrected chi connectivity index (χ1v) is 16.1. The number of hydrogen-bond donors (Lipinski definition) is 3. The van der Waals surface area contributed by atoms with Gasteiger partial charge in [0.25, 0.3) is 5.91 Å². The molecule has 5 atom stereocenters. The molecule has 1 saturated heterocycles. The number of anilines is 1. The predicted octanol–water partition coefficient (Wildman–Crippen LogP) is 3.90. The summed E-state index contributed by atoms with van der Waals surface area (Å²) in [6.07, 6.45) is 6.60. The Hall–Kier alpha value is -5.11. The van der Waals surface area contributed by atoms with Crippen molar-refractivity contribution < 1.29 is 47.4 Å². The number of halogens is 1. The Morgan fingerprint density at radius 2 is 1.96 bits per heavy atom. The minimum Gasteiger partial charge on any atom is -0.460 e. The Morgan fingerprint density at radius 1 is 1.20 bits per heavy atom. The van der Waals surface area contributed by atoms with Crippen molar-refractivity contribution in [2.75, 3.05) is 25.0 Å². The monoisotopic (exact) mass is 680 g/mol. The summed E-state index contributed by atoms with van der Waals surface area (Å²) in [5.74, 6) is -3.55. The third-order valence-electron chi connectivity index (χ3n) is 8.02. The van der Waals surface area contributed by atoms with Gasteiger partial charge in [0.2, 0.25) is 11.8 Å². The van der Waals surface area contributed by atoms with Gasteiger partial charge in [0.05, 0.1) is 19.1 Å². The third-order valence-corrected chi connectivity index (χ3v) is 8.02. The van der Waals surface area contributed by atoms with Crippen LogP contribution >= 0.6 is 0 Å². The fourth-order valence-electron chi connectivity index (χ4n) is 5.54. The van der Waals surface area contributed by atoms with Crippen LogP contribution in [0.25, 0.3) is 0 Å². The zero-order chi connectivity index (χ0) is 35.5. The van der Waals surface area contributed by atoms with E-state index in [4.69, 9.17) is 13.9 Å². The lowest BCUT2D eigenvalue weighted by molar-refractivity contribution is -0.159. The summed E-state index contributed by atoms with van der Waals surface area (Å²) in [5, 5.41) is 15.6. The topological polar surface area (TPSA) is 177 Å².